The summed E-state index contributed by atoms with van der Waals surface area (Å²) in [7, 11) is 0. The van der Waals surface area contributed by atoms with Crippen LogP contribution in [0.3, 0.4) is 0 Å². The summed E-state index contributed by atoms with van der Waals surface area (Å²) in [6.45, 7) is 0. The van der Waals surface area contributed by atoms with E-state index in [0.717, 1.165) is 11.3 Å². The number of hydrogen-bond donors (Lipinski definition) is 0. The summed E-state index contributed by atoms with van der Waals surface area (Å²) in [5.41, 5.74) is 4.67. The SMILES string of the molecule is N#Cc1cc(CSc2ccc3c(c2)CCC3)ccn1. The van der Waals surface area contributed by atoms with Gasteiger partial charge >= 0.3 is 0 Å². The summed E-state index contributed by atoms with van der Waals surface area (Å²) in [4.78, 5) is 5.31. The predicted octanol–water partition coefficient (Wildman–Crippen LogP) is 3.73. The predicted molar refractivity (Wildman–Crippen MR) is 77.0 cm³/mol. The molecule has 19 heavy (non-hydrogen) atoms. The van der Waals surface area contributed by atoms with Crippen LogP contribution in [0.4, 0.5) is 0 Å². The Morgan fingerprint density at radius 3 is 2.95 bits per heavy atom. The maximum absolute atomic E-state index is 8.83. The second kappa shape index (κ2) is 5.46. The average molecular weight is 266 g/mol. The molecule has 0 spiro atoms. The molecule has 1 heterocycles. The molecule has 0 aliphatic heterocycles. The van der Waals surface area contributed by atoms with Gasteiger partial charge in [-0.05, 0) is 60.2 Å². The van der Waals surface area contributed by atoms with E-state index in [4.69, 9.17) is 5.26 Å². The lowest BCUT2D eigenvalue weighted by molar-refractivity contribution is 0.911. The minimum Gasteiger partial charge on any atom is -0.246 e. The number of fused-ring (bicyclic) bond motifs is 1. The van der Waals surface area contributed by atoms with Gasteiger partial charge in [-0.2, -0.15) is 5.26 Å². The fourth-order valence-electron chi connectivity index (χ4n) is 2.43. The Labute approximate surface area is 117 Å². The van der Waals surface area contributed by atoms with Gasteiger partial charge in [0.2, 0.25) is 0 Å². The van der Waals surface area contributed by atoms with E-state index >= 15 is 0 Å². The van der Waals surface area contributed by atoms with Crippen LogP contribution < -0.4 is 0 Å². The van der Waals surface area contributed by atoms with Gasteiger partial charge in [0.05, 0.1) is 0 Å². The molecule has 2 aromatic rings. The number of benzene rings is 1. The molecule has 1 aliphatic carbocycles. The molecule has 1 aromatic heterocycles. The molecule has 3 heteroatoms. The lowest BCUT2D eigenvalue weighted by Crippen LogP contribution is -1.87. The number of nitriles is 1. The van der Waals surface area contributed by atoms with Crippen molar-refractivity contribution in [2.75, 3.05) is 0 Å². The van der Waals surface area contributed by atoms with E-state index in [1.807, 2.05) is 23.9 Å². The largest absolute Gasteiger partial charge is 0.246 e. The van der Waals surface area contributed by atoms with E-state index < -0.39 is 0 Å². The van der Waals surface area contributed by atoms with Gasteiger partial charge in [-0.1, -0.05) is 6.07 Å². The van der Waals surface area contributed by atoms with Crippen LogP contribution in [0.25, 0.3) is 0 Å². The van der Waals surface area contributed by atoms with Crippen LogP contribution in [-0.4, -0.2) is 4.98 Å². The van der Waals surface area contributed by atoms with Crippen molar-refractivity contribution in [3.8, 4) is 6.07 Å². The molecule has 3 rings (SSSR count). The van der Waals surface area contributed by atoms with Crippen LogP contribution in [0.15, 0.2) is 41.4 Å². The fourth-order valence-corrected chi connectivity index (χ4v) is 3.33. The van der Waals surface area contributed by atoms with E-state index in [2.05, 4.69) is 29.3 Å². The number of pyridine rings is 1. The number of aryl methyl sites for hydroxylation is 2. The first-order valence-corrected chi connectivity index (χ1v) is 7.43. The van der Waals surface area contributed by atoms with Gasteiger partial charge in [-0.3, -0.25) is 0 Å². The topological polar surface area (TPSA) is 36.7 Å². The number of hydrogen-bond acceptors (Lipinski definition) is 3. The zero-order valence-corrected chi connectivity index (χ0v) is 11.4. The first kappa shape index (κ1) is 12.3. The highest BCUT2D eigenvalue weighted by Crippen LogP contribution is 2.29. The Kier molecular flexibility index (Phi) is 3.52. The second-order valence-corrected chi connectivity index (χ2v) is 5.78. The van der Waals surface area contributed by atoms with Gasteiger partial charge in [0.15, 0.2) is 0 Å². The molecular formula is C16H14N2S. The average Bonchev–Trinajstić information content (AvgIpc) is 2.93. The van der Waals surface area contributed by atoms with Crippen molar-refractivity contribution >= 4 is 11.8 Å². The number of nitrogens with zero attached hydrogens (tertiary/aromatic N) is 2. The minimum atomic E-state index is 0.493. The van der Waals surface area contributed by atoms with Gasteiger partial charge in [0, 0.05) is 16.8 Å². The monoisotopic (exact) mass is 266 g/mol. The zero-order valence-electron chi connectivity index (χ0n) is 10.6. The van der Waals surface area contributed by atoms with Crippen molar-refractivity contribution < 1.29 is 0 Å². The van der Waals surface area contributed by atoms with E-state index in [1.54, 1.807) is 6.20 Å². The van der Waals surface area contributed by atoms with Crippen molar-refractivity contribution in [2.24, 2.45) is 0 Å². The zero-order chi connectivity index (χ0) is 13.1. The van der Waals surface area contributed by atoms with Crippen LogP contribution in [0, 0.1) is 11.3 Å². The van der Waals surface area contributed by atoms with Crippen molar-refractivity contribution in [1.29, 1.82) is 5.26 Å². The first-order valence-electron chi connectivity index (χ1n) is 6.45. The van der Waals surface area contributed by atoms with Crippen molar-refractivity contribution in [1.82, 2.24) is 4.98 Å². The summed E-state index contributed by atoms with van der Waals surface area (Å²) in [5.74, 6) is 0.885. The van der Waals surface area contributed by atoms with E-state index in [1.165, 1.54) is 35.3 Å². The van der Waals surface area contributed by atoms with Crippen LogP contribution >= 0.6 is 11.8 Å². The molecular weight excluding hydrogens is 252 g/mol. The van der Waals surface area contributed by atoms with Crippen molar-refractivity contribution in [3.05, 3.63) is 58.9 Å². The molecule has 0 fully saturated rings. The summed E-state index contributed by atoms with van der Waals surface area (Å²) in [6, 6.07) is 12.7. The van der Waals surface area contributed by atoms with Gasteiger partial charge in [0.25, 0.3) is 0 Å². The third-order valence-corrected chi connectivity index (χ3v) is 4.48. The Balaban J connectivity index is 1.70. The first-order chi connectivity index (χ1) is 9.35. The van der Waals surface area contributed by atoms with Crippen LogP contribution in [0.2, 0.25) is 0 Å². The molecule has 1 aliphatic rings. The molecule has 0 radical (unpaired) electrons. The normalized spacial score (nSPS) is 13.0. The third-order valence-electron chi connectivity index (χ3n) is 3.41. The Hall–Kier alpha value is -1.79. The van der Waals surface area contributed by atoms with Crippen LogP contribution in [0.1, 0.15) is 28.8 Å². The van der Waals surface area contributed by atoms with Gasteiger partial charge in [0.1, 0.15) is 11.8 Å². The maximum atomic E-state index is 8.83. The standard InChI is InChI=1S/C16H14N2S/c17-10-15-8-12(6-7-18-15)11-19-16-5-4-13-2-1-3-14(13)9-16/h4-9H,1-3,11H2. The molecule has 0 saturated heterocycles. The summed E-state index contributed by atoms with van der Waals surface area (Å²) < 4.78 is 0. The maximum Gasteiger partial charge on any atom is 0.140 e. The second-order valence-electron chi connectivity index (χ2n) is 4.73. The summed E-state index contributed by atoms with van der Waals surface area (Å²) >= 11 is 1.82. The minimum absolute atomic E-state index is 0.493. The molecule has 1 aromatic carbocycles. The summed E-state index contributed by atoms with van der Waals surface area (Å²) in [6.07, 6.45) is 5.45. The highest BCUT2D eigenvalue weighted by molar-refractivity contribution is 7.98. The van der Waals surface area contributed by atoms with Crippen molar-refractivity contribution in [2.45, 2.75) is 29.9 Å². The van der Waals surface area contributed by atoms with Gasteiger partial charge < -0.3 is 0 Å². The molecule has 0 N–H and O–H groups in total. The van der Waals surface area contributed by atoms with E-state index in [-0.39, 0.29) is 0 Å². The lowest BCUT2D eigenvalue weighted by atomic mass is 10.1. The molecule has 2 nitrogen and oxygen atoms in total. The Bertz CT molecular complexity index is 643. The number of aromatic nitrogens is 1. The molecule has 94 valence electrons. The molecule has 0 saturated carbocycles. The molecule has 0 bridgehead atoms. The lowest BCUT2D eigenvalue weighted by Gasteiger charge is -2.05. The van der Waals surface area contributed by atoms with E-state index in [0.29, 0.717) is 5.69 Å². The quantitative estimate of drug-likeness (QED) is 0.794. The number of rotatable bonds is 3. The fraction of sp³-hybridized carbons (Fsp3) is 0.250. The molecule has 0 unspecified atom stereocenters. The van der Waals surface area contributed by atoms with Crippen LogP contribution in [-0.2, 0) is 18.6 Å². The van der Waals surface area contributed by atoms with Gasteiger partial charge in [-0.15, -0.1) is 11.8 Å². The smallest absolute Gasteiger partial charge is 0.140 e. The Morgan fingerprint density at radius 1 is 1.16 bits per heavy atom. The molecule has 0 atom stereocenters. The highest BCUT2D eigenvalue weighted by atomic mass is 32.2. The van der Waals surface area contributed by atoms with Gasteiger partial charge in [-0.25, -0.2) is 4.98 Å². The van der Waals surface area contributed by atoms with Crippen molar-refractivity contribution in [3.63, 3.8) is 0 Å². The summed E-state index contributed by atoms with van der Waals surface area (Å²) in [5, 5.41) is 8.83. The highest BCUT2D eigenvalue weighted by Gasteiger charge is 2.10. The number of thioether (sulfide) groups is 1. The van der Waals surface area contributed by atoms with Crippen LogP contribution in [0.5, 0.6) is 0 Å². The molecule has 0 amide bonds. The third kappa shape index (κ3) is 2.80. The van der Waals surface area contributed by atoms with E-state index in [9.17, 15) is 0 Å². The Morgan fingerprint density at radius 2 is 2.05 bits per heavy atom.